The van der Waals surface area contributed by atoms with Gasteiger partial charge in [0.15, 0.2) is 11.5 Å². The number of hydrogen-bond acceptors (Lipinski definition) is 10. The van der Waals surface area contributed by atoms with Gasteiger partial charge < -0.3 is 25.6 Å². The molecular weight excluding hydrogens is 422 g/mol. The number of phenolic OH excluding ortho intramolecular Hbond substituents is 2. The van der Waals surface area contributed by atoms with Gasteiger partial charge in [-0.3, -0.25) is 0 Å². The Morgan fingerprint density at radius 1 is 0.758 bits per heavy atom. The second-order valence-corrected chi connectivity index (χ2v) is 6.77. The summed E-state index contributed by atoms with van der Waals surface area (Å²) in [7, 11) is 1.61. The minimum atomic E-state index is -0.237. The van der Waals surface area contributed by atoms with Crippen molar-refractivity contribution in [2.45, 2.75) is 0 Å². The summed E-state index contributed by atoms with van der Waals surface area (Å²) in [5, 5.41) is 29.4. The molecule has 0 bridgehead atoms. The number of hydrazone groups is 1. The Balaban J connectivity index is 1.57. The number of nitrogens with one attached hydrogen (secondary N) is 3. The van der Waals surface area contributed by atoms with Crippen molar-refractivity contribution in [3.05, 3.63) is 78.4 Å². The van der Waals surface area contributed by atoms with E-state index in [4.69, 9.17) is 4.74 Å². The fourth-order valence-electron chi connectivity index (χ4n) is 2.78. The molecule has 0 saturated carbocycles. The molecule has 4 rings (SSSR count). The largest absolute Gasteiger partial charge is 0.504 e. The van der Waals surface area contributed by atoms with Gasteiger partial charge in [-0.1, -0.05) is 18.2 Å². The van der Waals surface area contributed by atoms with E-state index in [0.29, 0.717) is 17.5 Å². The molecule has 0 atom stereocenters. The molecule has 0 amide bonds. The average Bonchev–Trinajstić information content (AvgIpc) is 2.82. The van der Waals surface area contributed by atoms with Crippen LogP contribution in [0.25, 0.3) is 0 Å². The van der Waals surface area contributed by atoms with Gasteiger partial charge in [-0.05, 0) is 60.2 Å². The zero-order valence-electron chi connectivity index (χ0n) is 17.6. The van der Waals surface area contributed by atoms with Gasteiger partial charge in [0.1, 0.15) is 5.75 Å². The van der Waals surface area contributed by atoms with Crippen LogP contribution in [0.15, 0.2) is 77.9 Å². The molecule has 0 aliphatic carbocycles. The predicted octanol–water partition coefficient (Wildman–Crippen LogP) is 4.22. The van der Waals surface area contributed by atoms with E-state index in [1.54, 1.807) is 13.2 Å². The third kappa shape index (κ3) is 5.85. The lowest BCUT2D eigenvalue weighted by Crippen LogP contribution is -2.07. The first-order valence-corrected chi connectivity index (χ1v) is 9.89. The SMILES string of the molecule is COc1ccc(Nc2nc(NN=Cc3ccc(O)c(O)c3)nc(Nc3ccccc3)n2)cc1. The molecule has 4 aromatic rings. The molecule has 0 aliphatic heterocycles. The lowest BCUT2D eigenvalue weighted by atomic mass is 10.2. The second-order valence-electron chi connectivity index (χ2n) is 6.77. The Morgan fingerprint density at radius 3 is 2.03 bits per heavy atom. The van der Waals surface area contributed by atoms with Crippen LogP contribution in [-0.4, -0.2) is 38.5 Å². The van der Waals surface area contributed by atoms with Crippen molar-refractivity contribution in [1.29, 1.82) is 0 Å². The molecule has 3 aromatic carbocycles. The summed E-state index contributed by atoms with van der Waals surface area (Å²) in [5.41, 5.74) is 4.91. The van der Waals surface area contributed by atoms with E-state index in [2.05, 4.69) is 36.1 Å². The van der Waals surface area contributed by atoms with Crippen molar-refractivity contribution < 1.29 is 14.9 Å². The highest BCUT2D eigenvalue weighted by molar-refractivity contribution is 5.81. The van der Waals surface area contributed by atoms with Crippen molar-refractivity contribution in [2.24, 2.45) is 5.10 Å². The van der Waals surface area contributed by atoms with Crippen LogP contribution in [0.1, 0.15) is 5.56 Å². The Kier molecular flexibility index (Phi) is 6.45. The van der Waals surface area contributed by atoms with Crippen LogP contribution in [-0.2, 0) is 0 Å². The van der Waals surface area contributed by atoms with Gasteiger partial charge in [0.2, 0.25) is 17.8 Å². The molecule has 1 aromatic heterocycles. The van der Waals surface area contributed by atoms with E-state index in [1.807, 2.05) is 54.6 Å². The highest BCUT2D eigenvalue weighted by atomic mass is 16.5. The fraction of sp³-hybridized carbons (Fsp3) is 0.0435. The molecule has 1 heterocycles. The maximum atomic E-state index is 9.61. The molecule has 0 aliphatic rings. The van der Waals surface area contributed by atoms with Crippen molar-refractivity contribution in [3.63, 3.8) is 0 Å². The molecule has 166 valence electrons. The quantitative estimate of drug-likeness (QED) is 0.154. The smallest absolute Gasteiger partial charge is 0.250 e. The van der Waals surface area contributed by atoms with Gasteiger partial charge in [0.05, 0.1) is 13.3 Å². The van der Waals surface area contributed by atoms with Gasteiger partial charge in [-0.15, -0.1) is 0 Å². The number of ether oxygens (including phenoxy) is 1. The number of anilines is 5. The Hall–Kier alpha value is -4.86. The highest BCUT2D eigenvalue weighted by Gasteiger charge is 2.08. The van der Waals surface area contributed by atoms with Crippen LogP contribution < -0.4 is 20.8 Å². The van der Waals surface area contributed by atoms with Crippen LogP contribution in [0.2, 0.25) is 0 Å². The summed E-state index contributed by atoms with van der Waals surface area (Å²) >= 11 is 0. The van der Waals surface area contributed by atoms with Gasteiger partial charge in [0.25, 0.3) is 0 Å². The molecule has 0 unspecified atom stereocenters. The highest BCUT2D eigenvalue weighted by Crippen LogP contribution is 2.24. The average molecular weight is 443 g/mol. The van der Waals surface area contributed by atoms with Crippen LogP contribution in [0.4, 0.5) is 29.2 Å². The molecule has 0 saturated heterocycles. The lowest BCUT2D eigenvalue weighted by Gasteiger charge is -2.10. The number of nitrogens with zero attached hydrogens (tertiary/aromatic N) is 4. The van der Waals surface area contributed by atoms with E-state index >= 15 is 0 Å². The molecule has 0 radical (unpaired) electrons. The number of hydrogen-bond donors (Lipinski definition) is 5. The van der Waals surface area contributed by atoms with E-state index in [0.717, 1.165) is 17.1 Å². The van der Waals surface area contributed by atoms with Crippen molar-refractivity contribution in [1.82, 2.24) is 15.0 Å². The third-order valence-electron chi connectivity index (χ3n) is 4.39. The Bertz CT molecular complexity index is 1250. The summed E-state index contributed by atoms with van der Waals surface area (Å²) < 4.78 is 5.18. The number of para-hydroxylation sites is 1. The molecule has 33 heavy (non-hydrogen) atoms. The summed E-state index contributed by atoms with van der Waals surface area (Å²) in [6.45, 7) is 0. The lowest BCUT2D eigenvalue weighted by molar-refractivity contribution is 0.403. The zero-order chi connectivity index (χ0) is 23.0. The number of methoxy groups -OCH3 is 1. The maximum Gasteiger partial charge on any atom is 0.250 e. The zero-order valence-corrected chi connectivity index (χ0v) is 17.6. The van der Waals surface area contributed by atoms with Crippen molar-refractivity contribution >= 4 is 35.4 Å². The summed E-state index contributed by atoms with van der Waals surface area (Å²) in [6, 6.07) is 21.2. The minimum Gasteiger partial charge on any atom is -0.504 e. The normalized spacial score (nSPS) is 10.7. The first-order valence-electron chi connectivity index (χ1n) is 9.89. The van der Waals surface area contributed by atoms with Gasteiger partial charge >= 0.3 is 0 Å². The number of benzene rings is 3. The maximum absolute atomic E-state index is 9.61. The molecule has 10 heteroatoms. The first-order chi connectivity index (χ1) is 16.1. The van der Waals surface area contributed by atoms with Gasteiger partial charge in [-0.2, -0.15) is 20.1 Å². The number of phenols is 2. The molecule has 10 nitrogen and oxygen atoms in total. The topological polar surface area (TPSA) is 137 Å². The first kappa shape index (κ1) is 21.4. The minimum absolute atomic E-state index is 0.193. The summed E-state index contributed by atoms with van der Waals surface area (Å²) in [4.78, 5) is 13.1. The van der Waals surface area contributed by atoms with Crippen molar-refractivity contribution in [2.75, 3.05) is 23.2 Å². The summed E-state index contributed by atoms with van der Waals surface area (Å²) in [5.74, 6) is 1.10. The van der Waals surface area contributed by atoms with Crippen LogP contribution >= 0.6 is 0 Å². The fourth-order valence-corrected chi connectivity index (χ4v) is 2.78. The molecule has 0 fully saturated rings. The van der Waals surface area contributed by atoms with Gasteiger partial charge in [-0.25, -0.2) is 5.43 Å². The molecular formula is C23H21N7O3. The van der Waals surface area contributed by atoms with Gasteiger partial charge in [0, 0.05) is 11.4 Å². The number of aromatic hydroxyl groups is 2. The summed E-state index contributed by atoms with van der Waals surface area (Å²) in [6.07, 6.45) is 1.46. The number of aromatic nitrogens is 3. The van der Waals surface area contributed by atoms with Crippen LogP contribution in [0.3, 0.4) is 0 Å². The Labute approximate surface area is 189 Å². The van der Waals surface area contributed by atoms with E-state index in [9.17, 15) is 10.2 Å². The van der Waals surface area contributed by atoms with Crippen molar-refractivity contribution in [3.8, 4) is 17.2 Å². The standard InChI is InChI=1S/C23H21N7O3/c1-33-18-10-8-17(9-11-18)26-22-27-21(25-16-5-3-2-4-6-16)28-23(29-22)30-24-14-15-7-12-19(31)20(32)13-15/h2-14,31-32H,1H3,(H3,25,26,27,28,29,30). The monoisotopic (exact) mass is 443 g/mol. The number of rotatable bonds is 8. The van der Waals surface area contributed by atoms with E-state index < -0.39 is 0 Å². The Morgan fingerprint density at radius 2 is 1.39 bits per heavy atom. The third-order valence-corrected chi connectivity index (χ3v) is 4.39. The second kappa shape index (κ2) is 9.96. The molecule has 5 N–H and O–H groups in total. The van der Waals surface area contributed by atoms with Crippen LogP contribution in [0, 0.1) is 0 Å². The van der Waals surface area contributed by atoms with E-state index in [-0.39, 0.29) is 17.4 Å². The predicted molar refractivity (Wildman–Crippen MR) is 127 cm³/mol. The van der Waals surface area contributed by atoms with E-state index in [1.165, 1.54) is 18.3 Å². The van der Waals surface area contributed by atoms with Crippen LogP contribution in [0.5, 0.6) is 17.2 Å². The molecule has 0 spiro atoms.